The summed E-state index contributed by atoms with van der Waals surface area (Å²) in [4.78, 5) is 28.4. The van der Waals surface area contributed by atoms with Crippen LogP contribution in [0.1, 0.15) is 29.3 Å². The van der Waals surface area contributed by atoms with Crippen molar-refractivity contribution in [3.05, 3.63) is 16.1 Å². The van der Waals surface area contributed by atoms with Crippen molar-refractivity contribution in [1.82, 2.24) is 15.2 Å². The number of ether oxygens (including phenoxy) is 1. The van der Waals surface area contributed by atoms with Crippen molar-refractivity contribution in [3.8, 4) is 0 Å². The molecule has 1 rings (SSSR count). The van der Waals surface area contributed by atoms with Crippen LogP contribution in [0.5, 0.6) is 0 Å². The number of hydrogen-bond acceptors (Lipinski definition) is 5. The molecule has 0 aliphatic rings. The van der Waals surface area contributed by atoms with Gasteiger partial charge in [-0.2, -0.15) is 0 Å². The predicted molar refractivity (Wildman–Crippen MR) is 79.9 cm³/mol. The molecule has 0 radical (unpaired) electrons. The van der Waals surface area contributed by atoms with E-state index in [4.69, 9.17) is 9.84 Å². The molecule has 0 bridgehead atoms. The second-order valence-corrected chi connectivity index (χ2v) is 5.45. The third-order valence-corrected chi connectivity index (χ3v) is 3.84. The largest absolute Gasteiger partial charge is 0.476 e. The van der Waals surface area contributed by atoms with Crippen LogP contribution in [-0.4, -0.2) is 59.8 Å². The molecule has 0 spiro atoms. The van der Waals surface area contributed by atoms with Crippen molar-refractivity contribution < 1.29 is 19.4 Å². The van der Waals surface area contributed by atoms with E-state index in [0.29, 0.717) is 31.1 Å². The summed E-state index contributed by atoms with van der Waals surface area (Å²) in [5.41, 5.74) is 0.0465. The molecule has 8 heteroatoms. The summed E-state index contributed by atoms with van der Waals surface area (Å²) in [6, 6.07) is -0.157. The zero-order valence-corrected chi connectivity index (χ0v) is 13.3. The SMILES string of the molecule is CCN(C(=O)NCCc1nc(C(=O)O)cs1)C(C)COC. The number of carbonyl (C=O) groups excluding carboxylic acids is 1. The van der Waals surface area contributed by atoms with Gasteiger partial charge in [-0.05, 0) is 13.8 Å². The lowest BCUT2D eigenvalue weighted by molar-refractivity contribution is 0.0691. The van der Waals surface area contributed by atoms with Crippen molar-refractivity contribution in [2.45, 2.75) is 26.3 Å². The fourth-order valence-electron chi connectivity index (χ4n) is 1.89. The number of nitrogens with zero attached hydrogens (tertiary/aromatic N) is 2. The van der Waals surface area contributed by atoms with Crippen molar-refractivity contribution in [2.24, 2.45) is 0 Å². The van der Waals surface area contributed by atoms with Crippen LogP contribution in [0.2, 0.25) is 0 Å². The van der Waals surface area contributed by atoms with Crippen LogP contribution in [0, 0.1) is 0 Å². The number of hydrogen-bond donors (Lipinski definition) is 2. The van der Waals surface area contributed by atoms with Crippen LogP contribution in [-0.2, 0) is 11.2 Å². The van der Waals surface area contributed by atoms with Gasteiger partial charge in [0.25, 0.3) is 0 Å². The summed E-state index contributed by atoms with van der Waals surface area (Å²) >= 11 is 1.28. The van der Waals surface area contributed by atoms with Gasteiger partial charge in [-0.25, -0.2) is 14.6 Å². The monoisotopic (exact) mass is 315 g/mol. The molecule has 1 aromatic rings. The Morgan fingerprint density at radius 2 is 2.29 bits per heavy atom. The summed E-state index contributed by atoms with van der Waals surface area (Å²) in [5, 5.41) is 13.8. The number of rotatable bonds is 8. The third kappa shape index (κ3) is 5.31. The lowest BCUT2D eigenvalue weighted by Gasteiger charge is -2.27. The van der Waals surface area contributed by atoms with Gasteiger partial charge in [0.2, 0.25) is 0 Å². The van der Waals surface area contributed by atoms with Crippen LogP contribution < -0.4 is 5.32 Å². The van der Waals surface area contributed by atoms with E-state index < -0.39 is 5.97 Å². The average molecular weight is 315 g/mol. The van der Waals surface area contributed by atoms with Crippen LogP contribution in [0.4, 0.5) is 4.79 Å². The molecule has 1 heterocycles. The first kappa shape index (κ1) is 17.4. The highest BCUT2D eigenvalue weighted by molar-refractivity contribution is 7.09. The van der Waals surface area contributed by atoms with Gasteiger partial charge in [-0.15, -0.1) is 11.3 Å². The Morgan fingerprint density at radius 1 is 1.57 bits per heavy atom. The third-order valence-electron chi connectivity index (χ3n) is 2.93. The number of likely N-dealkylation sites (N-methyl/N-ethyl adjacent to an activating group) is 1. The van der Waals surface area contributed by atoms with Crippen LogP contribution in [0.3, 0.4) is 0 Å². The number of carboxylic acid groups (broad SMARTS) is 1. The average Bonchev–Trinajstić information content (AvgIpc) is 2.89. The Morgan fingerprint density at radius 3 is 2.81 bits per heavy atom. The first-order valence-corrected chi connectivity index (χ1v) is 7.58. The number of urea groups is 1. The van der Waals surface area contributed by atoms with Crippen molar-refractivity contribution in [2.75, 3.05) is 26.8 Å². The molecule has 1 unspecified atom stereocenters. The number of aromatic carboxylic acids is 1. The fourth-order valence-corrected chi connectivity index (χ4v) is 2.66. The molecule has 0 saturated heterocycles. The molecule has 21 heavy (non-hydrogen) atoms. The minimum atomic E-state index is -1.04. The molecule has 118 valence electrons. The second-order valence-electron chi connectivity index (χ2n) is 4.50. The minimum Gasteiger partial charge on any atom is -0.476 e. The summed E-state index contributed by atoms with van der Waals surface area (Å²) in [6.45, 7) is 5.33. The Labute approximate surface area is 127 Å². The van der Waals surface area contributed by atoms with Gasteiger partial charge in [0, 0.05) is 32.0 Å². The van der Waals surface area contributed by atoms with E-state index in [9.17, 15) is 9.59 Å². The van der Waals surface area contributed by atoms with E-state index >= 15 is 0 Å². The summed E-state index contributed by atoms with van der Waals surface area (Å²) < 4.78 is 5.05. The van der Waals surface area contributed by atoms with E-state index in [1.807, 2.05) is 13.8 Å². The van der Waals surface area contributed by atoms with Gasteiger partial charge in [-0.3, -0.25) is 0 Å². The van der Waals surface area contributed by atoms with Gasteiger partial charge in [-0.1, -0.05) is 0 Å². The fraction of sp³-hybridized carbons (Fsp3) is 0.615. The highest BCUT2D eigenvalue weighted by Gasteiger charge is 2.18. The standard InChI is InChI=1S/C13H21N3O4S/c1-4-16(9(2)7-20-3)13(19)14-6-5-11-15-10(8-21-11)12(17)18/h8-9H,4-7H2,1-3H3,(H,14,19)(H,17,18). The van der Waals surface area contributed by atoms with E-state index in [1.54, 1.807) is 12.0 Å². The van der Waals surface area contributed by atoms with Crippen LogP contribution in [0.25, 0.3) is 0 Å². The molecule has 1 aromatic heterocycles. The number of carboxylic acids is 1. The predicted octanol–water partition coefficient (Wildman–Crippen LogP) is 1.45. The maximum Gasteiger partial charge on any atom is 0.355 e. The molecule has 0 aliphatic carbocycles. The normalized spacial score (nSPS) is 12.0. The van der Waals surface area contributed by atoms with Crippen LogP contribution >= 0.6 is 11.3 Å². The van der Waals surface area contributed by atoms with Gasteiger partial charge in [0.15, 0.2) is 5.69 Å². The first-order valence-electron chi connectivity index (χ1n) is 6.70. The smallest absolute Gasteiger partial charge is 0.355 e. The summed E-state index contributed by atoms with van der Waals surface area (Å²) in [7, 11) is 1.60. The molecular weight excluding hydrogens is 294 g/mol. The number of carbonyl (C=O) groups is 2. The highest BCUT2D eigenvalue weighted by Crippen LogP contribution is 2.10. The molecule has 7 nitrogen and oxygen atoms in total. The Hall–Kier alpha value is -1.67. The number of thiazole rings is 1. The molecule has 0 fully saturated rings. The van der Waals surface area contributed by atoms with Crippen molar-refractivity contribution in [3.63, 3.8) is 0 Å². The maximum atomic E-state index is 12.0. The number of methoxy groups -OCH3 is 1. The molecule has 2 N–H and O–H groups in total. The first-order chi connectivity index (χ1) is 9.99. The van der Waals surface area contributed by atoms with E-state index in [0.717, 1.165) is 0 Å². The molecule has 1 atom stereocenters. The van der Waals surface area contributed by atoms with E-state index in [1.165, 1.54) is 16.7 Å². The van der Waals surface area contributed by atoms with Gasteiger partial charge in [0.05, 0.1) is 17.7 Å². The lowest BCUT2D eigenvalue weighted by Crippen LogP contribution is -2.47. The van der Waals surface area contributed by atoms with E-state index in [-0.39, 0.29) is 17.8 Å². The summed E-state index contributed by atoms with van der Waals surface area (Å²) in [5.74, 6) is -1.04. The topological polar surface area (TPSA) is 91.8 Å². The maximum absolute atomic E-state index is 12.0. The quantitative estimate of drug-likeness (QED) is 0.757. The molecule has 0 aromatic carbocycles. The van der Waals surface area contributed by atoms with Crippen LogP contribution in [0.15, 0.2) is 5.38 Å². The zero-order valence-electron chi connectivity index (χ0n) is 12.5. The minimum absolute atomic E-state index is 0.00141. The number of nitrogens with one attached hydrogen (secondary N) is 1. The molecular formula is C13H21N3O4S. The van der Waals surface area contributed by atoms with Gasteiger partial charge in [0.1, 0.15) is 0 Å². The Balaban J connectivity index is 2.42. The van der Waals surface area contributed by atoms with E-state index in [2.05, 4.69) is 10.3 Å². The molecule has 2 amide bonds. The lowest BCUT2D eigenvalue weighted by atomic mass is 10.3. The van der Waals surface area contributed by atoms with Gasteiger partial charge >= 0.3 is 12.0 Å². The summed E-state index contributed by atoms with van der Waals surface area (Å²) in [6.07, 6.45) is 0.514. The molecule has 0 saturated carbocycles. The number of aromatic nitrogens is 1. The van der Waals surface area contributed by atoms with Crippen molar-refractivity contribution in [1.29, 1.82) is 0 Å². The Kier molecular flexibility index (Phi) is 7.10. The molecule has 0 aliphatic heterocycles. The number of amides is 2. The Bertz CT molecular complexity index is 478. The second kappa shape index (κ2) is 8.58. The van der Waals surface area contributed by atoms with Gasteiger partial charge < -0.3 is 20.1 Å². The zero-order chi connectivity index (χ0) is 15.8. The highest BCUT2D eigenvalue weighted by atomic mass is 32.1. The van der Waals surface area contributed by atoms with Crippen molar-refractivity contribution >= 4 is 23.3 Å².